The van der Waals surface area contributed by atoms with Crippen LogP contribution in [0.25, 0.3) is 11.3 Å². The number of nitrogens with one attached hydrogen (secondary N) is 1. The molecule has 0 radical (unpaired) electrons. The number of hydrogen-bond donors (Lipinski definition) is 2. The summed E-state index contributed by atoms with van der Waals surface area (Å²) in [4.78, 5) is 16.7. The molecule has 0 saturated heterocycles. The molecule has 1 aromatic carbocycles. The summed E-state index contributed by atoms with van der Waals surface area (Å²) in [6.45, 7) is 1.79. The molecule has 140 valence electrons. The molecule has 4 rings (SSSR count). The lowest BCUT2D eigenvalue weighted by Crippen LogP contribution is -2.43. The fourth-order valence-corrected chi connectivity index (χ4v) is 3.02. The fraction of sp³-hybridized carbons (Fsp3) is 0.368. The van der Waals surface area contributed by atoms with Gasteiger partial charge in [-0.2, -0.15) is 4.98 Å². The smallest absolute Gasteiger partial charge is 0.273 e. The molecule has 1 aliphatic rings. The predicted octanol–water partition coefficient (Wildman–Crippen LogP) is 2.50. The average Bonchev–Trinajstić information content (AvgIpc) is 3.34. The maximum Gasteiger partial charge on any atom is 0.273 e. The van der Waals surface area contributed by atoms with E-state index in [4.69, 9.17) is 14.2 Å². The highest BCUT2D eigenvalue weighted by Crippen LogP contribution is 2.36. The quantitative estimate of drug-likeness (QED) is 0.687. The summed E-state index contributed by atoms with van der Waals surface area (Å²) < 4.78 is 10.4. The van der Waals surface area contributed by atoms with Gasteiger partial charge < -0.3 is 19.5 Å². The van der Waals surface area contributed by atoms with E-state index in [1.54, 1.807) is 6.07 Å². The summed E-state index contributed by atoms with van der Waals surface area (Å²) in [7, 11) is 0. The van der Waals surface area contributed by atoms with Gasteiger partial charge in [0, 0.05) is 23.6 Å². The van der Waals surface area contributed by atoms with E-state index in [1.165, 1.54) is 0 Å². The van der Waals surface area contributed by atoms with Crippen LogP contribution in [0, 0.1) is 0 Å². The zero-order chi connectivity index (χ0) is 18.8. The molecule has 1 saturated carbocycles. The third kappa shape index (κ3) is 3.61. The van der Waals surface area contributed by atoms with E-state index < -0.39 is 0 Å². The molecule has 2 heterocycles. The Hall–Kier alpha value is -3.00. The van der Waals surface area contributed by atoms with Crippen molar-refractivity contribution in [3.8, 4) is 11.3 Å². The second-order valence-electron chi connectivity index (χ2n) is 6.86. The van der Waals surface area contributed by atoms with Crippen molar-refractivity contribution in [1.29, 1.82) is 0 Å². The Kier molecular flexibility index (Phi) is 4.72. The zero-order valence-electron chi connectivity index (χ0n) is 14.8. The SMILES string of the molecule is C[C@@H](CO)c1nc([C@H]2C[C@@H](NC(=O)c3cc(-c4ccccc4)on3)C2)no1. The van der Waals surface area contributed by atoms with E-state index in [9.17, 15) is 4.79 Å². The molecule has 27 heavy (non-hydrogen) atoms. The van der Waals surface area contributed by atoms with Crippen molar-refractivity contribution < 1.29 is 18.9 Å². The Morgan fingerprint density at radius 2 is 2.04 bits per heavy atom. The first-order valence-electron chi connectivity index (χ1n) is 8.91. The van der Waals surface area contributed by atoms with Gasteiger partial charge in [0.15, 0.2) is 17.3 Å². The zero-order valence-corrected chi connectivity index (χ0v) is 14.8. The minimum Gasteiger partial charge on any atom is -0.396 e. The minimum absolute atomic E-state index is 0.0341. The van der Waals surface area contributed by atoms with E-state index in [0.717, 1.165) is 18.4 Å². The van der Waals surface area contributed by atoms with Gasteiger partial charge in [0.05, 0.1) is 12.5 Å². The maximum atomic E-state index is 12.4. The Labute approximate surface area is 155 Å². The summed E-state index contributed by atoms with van der Waals surface area (Å²) in [6.07, 6.45) is 1.48. The third-order valence-electron chi connectivity index (χ3n) is 4.79. The molecule has 8 nitrogen and oxygen atoms in total. The average molecular weight is 368 g/mol. The molecular weight excluding hydrogens is 348 g/mol. The summed E-state index contributed by atoms with van der Waals surface area (Å²) >= 11 is 0. The molecule has 1 atom stereocenters. The van der Waals surface area contributed by atoms with Crippen molar-refractivity contribution in [2.24, 2.45) is 0 Å². The van der Waals surface area contributed by atoms with Gasteiger partial charge in [0.1, 0.15) is 0 Å². The van der Waals surface area contributed by atoms with Crippen LogP contribution < -0.4 is 5.32 Å². The fourth-order valence-electron chi connectivity index (χ4n) is 3.02. The lowest BCUT2D eigenvalue weighted by Gasteiger charge is -2.33. The molecule has 2 N–H and O–H groups in total. The number of aliphatic hydroxyl groups excluding tert-OH is 1. The Bertz CT molecular complexity index is 915. The molecule has 1 amide bonds. The van der Waals surface area contributed by atoms with E-state index in [2.05, 4.69) is 20.6 Å². The van der Waals surface area contributed by atoms with E-state index in [0.29, 0.717) is 17.5 Å². The van der Waals surface area contributed by atoms with Crippen LogP contribution in [0.15, 0.2) is 45.4 Å². The molecule has 2 aromatic heterocycles. The predicted molar refractivity (Wildman–Crippen MR) is 95.0 cm³/mol. The van der Waals surface area contributed by atoms with Gasteiger partial charge in [0.2, 0.25) is 5.89 Å². The van der Waals surface area contributed by atoms with Crippen LogP contribution in [0.4, 0.5) is 0 Å². The molecule has 0 aliphatic heterocycles. The van der Waals surface area contributed by atoms with Gasteiger partial charge in [-0.1, -0.05) is 47.6 Å². The number of hydrogen-bond acceptors (Lipinski definition) is 7. The highest BCUT2D eigenvalue weighted by Gasteiger charge is 2.35. The van der Waals surface area contributed by atoms with Crippen LogP contribution >= 0.6 is 0 Å². The third-order valence-corrected chi connectivity index (χ3v) is 4.79. The van der Waals surface area contributed by atoms with Crippen LogP contribution in [0.2, 0.25) is 0 Å². The van der Waals surface area contributed by atoms with Crippen molar-refractivity contribution in [1.82, 2.24) is 20.6 Å². The highest BCUT2D eigenvalue weighted by molar-refractivity contribution is 5.93. The van der Waals surface area contributed by atoms with Crippen molar-refractivity contribution in [3.63, 3.8) is 0 Å². The van der Waals surface area contributed by atoms with E-state index >= 15 is 0 Å². The number of nitrogens with zero attached hydrogens (tertiary/aromatic N) is 3. The molecule has 0 unspecified atom stereocenters. The maximum absolute atomic E-state index is 12.4. The summed E-state index contributed by atoms with van der Waals surface area (Å²) in [5.74, 6) is 1.35. The molecule has 8 heteroatoms. The largest absolute Gasteiger partial charge is 0.396 e. The summed E-state index contributed by atoms with van der Waals surface area (Å²) in [6, 6.07) is 11.2. The second-order valence-corrected chi connectivity index (χ2v) is 6.86. The number of amides is 1. The van der Waals surface area contributed by atoms with Crippen LogP contribution in [0.5, 0.6) is 0 Å². The van der Waals surface area contributed by atoms with Gasteiger partial charge in [-0.15, -0.1) is 0 Å². The Morgan fingerprint density at radius 3 is 2.78 bits per heavy atom. The summed E-state index contributed by atoms with van der Waals surface area (Å²) in [5.41, 5.74) is 1.13. The Balaban J connectivity index is 1.32. The number of benzene rings is 1. The second kappa shape index (κ2) is 7.32. The highest BCUT2D eigenvalue weighted by atomic mass is 16.5. The normalized spacial score (nSPS) is 20.1. The minimum atomic E-state index is -0.257. The number of carbonyl (C=O) groups is 1. The van der Waals surface area contributed by atoms with E-state index in [-0.39, 0.29) is 36.1 Å². The lowest BCUT2D eigenvalue weighted by molar-refractivity contribution is 0.0898. The molecule has 0 spiro atoms. The molecule has 0 bridgehead atoms. The van der Waals surface area contributed by atoms with Gasteiger partial charge in [0.25, 0.3) is 5.91 Å². The van der Waals surface area contributed by atoms with Gasteiger partial charge in [-0.25, -0.2) is 0 Å². The topological polar surface area (TPSA) is 114 Å². The Morgan fingerprint density at radius 1 is 1.26 bits per heavy atom. The first-order valence-corrected chi connectivity index (χ1v) is 8.91. The van der Waals surface area contributed by atoms with Gasteiger partial charge in [-0.05, 0) is 12.8 Å². The number of rotatable bonds is 6. The molecule has 3 aromatic rings. The first kappa shape index (κ1) is 17.4. The number of aliphatic hydroxyl groups is 1. The van der Waals surface area contributed by atoms with Crippen molar-refractivity contribution in [3.05, 3.63) is 53.8 Å². The van der Waals surface area contributed by atoms with E-state index in [1.807, 2.05) is 37.3 Å². The van der Waals surface area contributed by atoms with Crippen LogP contribution in [-0.2, 0) is 0 Å². The van der Waals surface area contributed by atoms with Crippen LogP contribution in [0.3, 0.4) is 0 Å². The van der Waals surface area contributed by atoms with Crippen LogP contribution in [0.1, 0.15) is 53.8 Å². The van der Waals surface area contributed by atoms with Crippen LogP contribution in [-0.4, -0.2) is 39.0 Å². The summed E-state index contributed by atoms with van der Waals surface area (Å²) in [5, 5.41) is 19.9. The monoisotopic (exact) mass is 368 g/mol. The van der Waals surface area contributed by atoms with Crippen molar-refractivity contribution in [2.45, 2.75) is 37.6 Å². The molecule has 1 aliphatic carbocycles. The lowest BCUT2D eigenvalue weighted by atomic mass is 9.79. The number of aromatic nitrogens is 3. The first-order chi connectivity index (χ1) is 13.1. The number of carbonyl (C=O) groups excluding carboxylic acids is 1. The standard InChI is InChI=1S/C19H20N4O4/c1-11(10-24)19-21-17(23-27-19)13-7-14(8-13)20-18(25)15-9-16(26-22-15)12-5-3-2-4-6-12/h2-6,9,11,13-14,24H,7-8,10H2,1H3,(H,20,25)/t11-,13-,14+/m0/s1. The molecular formula is C19H20N4O4. The van der Waals surface area contributed by atoms with Gasteiger partial charge in [-0.3, -0.25) is 4.79 Å². The van der Waals surface area contributed by atoms with Crippen molar-refractivity contribution >= 4 is 5.91 Å². The molecule has 1 fully saturated rings. The van der Waals surface area contributed by atoms with Crippen molar-refractivity contribution in [2.75, 3.05) is 6.61 Å². The van der Waals surface area contributed by atoms with Gasteiger partial charge >= 0.3 is 0 Å².